The first kappa shape index (κ1) is 20.3. The molecule has 3 aromatic rings. The van der Waals surface area contributed by atoms with Crippen molar-refractivity contribution < 1.29 is 19.5 Å². The van der Waals surface area contributed by atoms with Crippen molar-refractivity contribution in [2.75, 3.05) is 20.3 Å². The first-order chi connectivity index (χ1) is 14.7. The minimum atomic E-state index is -0.432. The summed E-state index contributed by atoms with van der Waals surface area (Å²) >= 11 is 0. The SMILES string of the molecule is COc1ccc2c(c1)c1c(n2CCCOc2ccc(CC(=O)NO)cc2)CNCC1. The summed E-state index contributed by atoms with van der Waals surface area (Å²) in [6, 6.07) is 13.7. The van der Waals surface area contributed by atoms with Gasteiger partial charge in [0.25, 0.3) is 0 Å². The van der Waals surface area contributed by atoms with Gasteiger partial charge in [-0.15, -0.1) is 0 Å². The van der Waals surface area contributed by atoms with Crippen LogP contribution in [0.15, 0.2) is 42.5 Å². The monoisotopic (exact) mass is 409 g/mol. The van der Waals surface area contributed by atoms with E-state index in [-0.39, 0.29) is 6.42 Å². The highest BCUT2D eigenvalue weighted by Crippen LogP contribution is 2.31. The molecule has 0 aliphatic carbocycles. The topological polar surface area (TPSA) is 84.8 Å². The van der Waals surface area contributed by atoms with Crippen LogP contribution in [0, 0.1) is 0 Å². The molecule has 0 radical (unpaired) electrons. The van der Waals surface area contributed by atoms with Crippen LogP contribution in [0.3, 0.4) is 0 Å². The van der Waals surface area contributed by atoms with Crippen molar-refractivity contribution >= 4 is 16.8 Å². The van der Waals surface area contributed by atoms with Crippen LogP contribution in [0.2, 0.25) is 0 Å². The molecule has 1 aliphatic heterocycles. The van der Waals surface area contributed by atoms with Crippen LogP contribution < -0.4 is 20.3 Å². The van der Waals surface area contributed by atoms with Gasteiger partial charge < -0.3 is 19.4 Å². The van der Waals surface area contributed by atoms with Crippen molar-refractivity contribution in [3.63, 3.8) is 0 Å². The van der Waals surface area contributed by atoms with Gasteiger partial charge in [-0.1, -0.05) is 12.1 Å². The molecular formula is C23H27N3O4. The predicted molar refractivity (Wildman–Crippen MR) is 114 cm³/mol. The molecule has 4 rings (SSSR count). The number of aryl methyl sites for hydroxylation is 1. The molecule has 0 spiro atoms. The van der Waals surface area contributed by atoms with Gasteiger partial charge in [0.2, 0.25) is 5.91 Å². The van der Waals surface area contributed by atoms with Crippen LogP contribution in [-0.2, 0) is 30.7 Å². The molecular weight excluding hydrogens is 382 g/mol. The Hall–Kier alpha value is -3.03. The van der Waals surface area contributed by atoms with Gasteiger partial charge in [0.15, 0.2) is 0 Å². The summed E-state index contributed by atoms with van der Waals surface area (Å²) in [4.78, 5) is 11.2. The summed E-state index contributed by atoms with van der Waals surface area (Å²) in [6.07, 6.45) is 2.06. The van der Waals surface area contributed by atoms with Crippen LogP contribution in [-0.4, -0.2) is 35.9 Å². The summed E-state index contributed by atoms with van der Waals surface area (Å²) in [5.74, 6) is 1.23. The third-order valence-corrected chi connectivity index (χ3v) is 5.55. The Morgan fingerprint density at radius 3 is 2.77 bits per heavy atom. The van der Waals surface area contributed by atoms with E-state index < -0.39 is 5.91 Å². The Morgan fingerprint density at radius 2 is 2.00 bits per heavy atom. The maximum atomic E-state index is 11.2. The average Bonchev–Trinajstić information content (AvgIpc) is 3.10. The molecule has 0 bridgehead atoms. The Kier molecular flexibility index (Phi) is 6.21. The van der Waals surface area contributed by atoms with Gasteiger partial charge in [0.05, 0.1) is 20.1 Å². The number of aromatic nitrogens is 1. The van der Waals surface area contributed by atoms with Gasteiger partial charge in [-0.3, -0.25) is 10.0 Å². The lowest BCUT2D eigenvalue weighted by molar-refractivity contribution is -0.128. The van der Waals surface area contributed by atoms with E-state index in [4.69, 9.17) is 14.7 Å². The zero-order valence-corrected chi connectivity index (χ0v) is 17.1. The summed E-state index contributed by atoms with van der Waals surface area (Å²) in [7, 11) is 1.71. The number of carbonyl (C=O) groups is 1. The third kappa shape index (κ3) is 4.27. The molecule has 1 aromatic heterocycles. The van der Waals surface area contributed by atoms with E-state index in [2.05, 4.69) is 22.0 Å². The number of nitrogens with zero attached hydrogens (tertiary/aromatic N) is 1. The molecule has 3 N–H and O–H groups in total. The fourth-order valence-electron chi connectivity index (χ4n) is 4.08. The largest absolute Gasteiger partial charge is 0.497 e. The number of hydrogen-bond acceptors (Lipinski definition) is 5. The third-order valence-electron chi connectivity index (χ3n) is 5.55. The lowest BCUT2D eigenvalue weighted by atomic mass is 10.0. The number of amides is 1. The fourth-order valence-corrected chi connectivity index (χ4v) is 4.08. The second-order valence-electron chi connectivity index (χ2n) is 7.44. The smallest absolute Gasteiger partial charge is 0.247 e. The molecule has 2 aromatic carbocycles. The van der Waals surface area contributed by atoms with Gasteiger partial charge in [-0.05, 0) is 60.8 Å². The fraction of sp³-hybridized carbons (Fsp3) is 0.348. The van der Waals surface area contributed by atoms with Crippen LogP contribution in [0.4, 0.5) is 0 Å². The number of hydrogen-bond donors (Lipinski definition) is 3. The molecule has 2 heterocycles. The zero-order valence-electron chi connectivity index (χ0n) is 17.1. The van der Waals surface area contributed by atoms with Crippen molar-refractivity contribution in [1.29, 1.82) is 0 Å². The second kappa shape index (κ2) is 9.19. The van der Waals surface area contributed by atoms with Crippen LogP contribution in [0.25, 0.3) is 10.9 Å². The number of nitrogens with one attached hydrogen (secondary N) is 2. The van der Waals surface area contributed by atoms with Crippen molar-refractivity contribution in [1.82, 2.24) is 15.4 Å². The number of fused-ring (bicyclic) bond motifs is 3. The number of carbonyl (C=O) groups excluding carboxylic acids is 1. The van der Waals surface area contributed by atoms with E-state index in [0.717, 1.165) is 49.5 Å². The minimum absolute atomic E-state index is 0.140. The molecule has 0 saturated carbocycles. The van der Waals surface area contributed by atoms with Crippen molar-refractivity contribution in [2.45, 2.75) is 32.4 Å². The van der Waals surface area contributed by atoms with Gasteiger partial charge in [-0.25, -0.2) is 5.48 Å². The van der Waals surface area contributed by atoms with E-state index in [1.165, 1.54) is 22.2 Å². The number of benzene rings is 2. The summed E-state index contributed by atoms with van der Waals surface area (Å²) in [5, 5.41) is 13.4. The molecule has 0 atom stereocenters. The van der Waals surface area contributed by atoms with Crippen molar-refractivity contribution in [3.8, 4) is 11.5 Å². The molecule has 0 fully saturated rings. The van der Waals surface area contributed by atoms with Crippen molar-refractivity contribution in [2.24, 2.45) is 0 Å². The zero-order chi connectivity index (χ0) is 20.9. The first-order valence-corrected chi connectivity index (χ1v) is 10.2. The first-order valence-electron chi connectivity index (χ1n) is 10.2. The summed E-state index contributed by atoms with van der Waals surface area (Å²) < 4.78 is 13.7. The van der Waals surface area contributed by atoms with Crippen molar-refractivity contribution in [3.05, 3.63) is 59.3 Å². The lowest BCUT2D eigenvalue weighted by Crippen LogP contribution is -2.25. The summed E-state index contributed by atoms with van der Waals surface area (Å²) in [5.41, 5.74) is 6.49. The Morgan fingerprint density at radius 1 is 1.20 bits per heavy atom. The lowest BCUT2D eigenvalue weighted by Gasteiger charge is -2.17. The normalized spacial score (nSPS) is 13.1. The van der Waals surface area contributed by atoms with Gasteiger partial charge in [-0.2, -0.15) is 0 Å². The molecule has 0 saturated heterocycles. The molecule has 1 amide bonds. The molecule has 1 aliphatic rings. The van der Waals surface area contributed by atoms with Gasteiger partial charge in [0, 0.05) is 29.7 Å². The Balaban J connectivity index is 1.40. The quantitative estimate of drug-likeness (QED) is 0.303. The number of methoxy groups -OCH3 is 1. The molecule has 7 heteroatoms. The van der Waals surface area contributed by atoms with Gasteiger partial charge in [0.1, 0.15) is 11.5 Å². The Labute approximate surface area is 175 Å². The second-order valence-corrected chi connectivity index (χ2v) is 7.44. The maximum Gasteiger partial charge on any atom is 0.247 e. The highest BCUT2D eigenvalue weighted by molar-refractivity contribution is 5.87. The van der Waals surface area contributed by atoms with Crippen LogP contribution in [0.5, 0.6) is 11.5 Å². The molecule has 30 heavy (non-hydrogen) atoms. The highest BCUT2D eigenvalue weighted by Gasteiger charge is 2.20. The van der Waals surface area contributed by atoms with E-state index in [1.54, 1.807) is 12.6 Å². The molecule has 7 nitrogen and oxygen atoms in total. The number of rotatable bonds is 8. The van der Waals surface area contributed by atoms with E-state index in [0.29, 0.717) is 6.61 Å². The van der Waals surface area contributed by atoms with Crippen LogP contribution in [0.1, 0.15) is 23.2 Å². The molecule has 158 valence electrons. The highest BCUT2D eigenvalue weighted by atomic mass is 16.5. The van der Waals surface area contributed by atoms with Crippen LogP contribution >= 0.6 is 0 Å². The number of hydroxylamine groups is 1. The molecule has 0 unspecified atom stereocenters. The Bertz CT molecular complexity index is 1030. The minimum Gasteiger partial charge on any atom is -0.497 e. The average molecular weight is 409 g/mol. The standard InChI is InChI=1S/C23H27N3O4/c1-29-18-7-8-21-20(14-18)19-9-10-24-15-22(19)26(21)11-2-12-30-17-5-3-16(4-6-17)13-23(27)25-28/h3-8,14,24,28H,2,9-13,15H2,1H3,(H,25,27). The predicted octanol–water partition coefficient (Wildman–Crippen LogP) is 2.81. The van der Waals surface area contributed by atoms with E-state index in [9.17, 15) is 4.79 Å². The summed E-state index contributed by atoms with van der Waals surface area (Å²) in [6.45, 7) is 3.38. The van der Waals surface area contributed by atoms with E-state index in [1.807, 2.05) is 30.3 Å². The maximum absolute atomic E-state index is 11.2. The number of ether oxygens (including phenoxy) is 2. The van der Waals surface area contributed by atoms with E-state index >= 15 is 0 Å². The van der Waals surface area contributed by atoms with Gasteiger partial charge >= 0.3 is 0 Å².